The number of benzene rings is 1. The van der Waals surface area contributed by atoms with E-state index in [2.05, 4.69) is 21.2 Å². The first-order chi connectivity index (χ1) is 9.00. The number of primary amides is 1. The number of carbonyl (C=O) groups excluding carboxylic acids is 1. The summed E-state index contributed by atoms with van der Waals surface area (Å²) in [4.78, 5) is 21.3. The summed E-state index contributed by atoms with van der Waals surface area (Å²) < 4.78 is 0.775. The Hall–Kier alpha value is -1.40. The summed E-state index contributed by atoms with van der Waals surface area (Å²) in [7, 11) is 0. The lowest BCUT2D eigenvalue weighted by molar-refractivity contribution is -0.118. The van der Waals surface area contributed by atoms with Gasteiger partial charge in [-0.1, -0.05) is 22.0 Å². The minimum absolute atomic E-state index is 0.261. The molecule has 0 unspecified atom stereocenters. The summed E-state index contributed by atoms with van der Waals surface area (Å²) in [6, 6.07) is 4.95. The van der Waals surface area contributed by atoms with Crippen LogP contribution < -0.4 is 11.1 Å². The van der Waals surface area contributed by atoms with Gasteiger partial charge in [0.25, 0.3) is 0 Å². The zero-order chi connectivity index (χ0) is 14.3. The fourth-order valence-electron chi connectivity index (χ4n) is 1.60. The van der Waals surface area contributed by atoms with E-state index in [1.54, 1.807) is 18.2 Å². The third kappa shape index (κ3) is 5.85. The van der Waals surface area contributed by atoms with Crippen molar-refractivity contribution in [2.24, 2.45) is 5.73 Å². The zero-order valence-corrected chi connectivity index (χ0v) is 12.1. The van der Waals surface area contributed by atoms with Crippen molar-refractivity contribution in [1.82, 2.24) is 5.32 Å². The Balaban J connectivity index is 2.33. The number of aromatic carboxylic acids is 1. The number of nitrogens with two attached hydrogens (primary N) is 1. The molecule has 6 heteroatoms. The summed E-state index contributed by atoms with van der Waals surface area (Å²) in [5, 5.41) is 12.1. The third-order valence-electron chi connectivity index (χ3n) is 2.64. The highest BCUT2D eigenvalue weighted by Crippen LogP contribution is 2.18. The number of hydrogen-bond acceptors (Lipinski definition) is 3. The molecule has 0 aromatic heterocycles. The van der Waals surface area contributed by atoms with Gasteiger partial charge in [-0.05, 0) is 37.1 Å². The summed E-state index contributed by atoms with van der Waals surface area (Å²) in [6.45, 7) is 1.44. The number of halogens is 1. The second-order valence-electron chi connectivity index (χ2n) is 4.21. The van der Waals surface area contributed by atoms with E-state index < -0.39 is 5.97 Å². The first kappa shape index (κ1) is 15.7. The van der Waals surface area contributed by atoms with Gasteiger partial charge in [-0.2, -0.15) is 0 Å². The van der Waals surface area contributed by atoms with Crippen LogP contribution in [0.1, 0.15) is 35.2 Å². The topological polar surface area (TPSA) is 92.4 Å². The van der Waals surface area contributed by atoms with Crippen molar-refractivity contribution in [2.75, 3.05) is 6.54 Å². The molecular weight excluding hydrogens is 312 g/mol. The average Bonchev–Trinajstić information content (AvgIpc) is 2.34. The fourth-order valence-corrected chi connectivity index (χ4v) is 2.11. The lowest BCUT2D eigenvalue weighted by Crippen LogP contribution is -2.16. The number of amides is 1. The molecule has 0 spiro atoms. The standard InChI is InChI=1S/C13H17BrN2O3/c14-11-7-9(13(18)19)4-5-10(11)8-16-6-2-1-3-12(15)17/h4-5,7,16H,1-3,6,8H2,(H2,15,17)(H,18,19). The monoisotopic (exact) mass is 328 g/mol. The van der Waals surface area contributed by atoms with Gasteiger partial charge in [0.1, 0.15) is 0 Å². The number of carboxylic acid groups (broad SMARTS) is 1. The highest BCUT2D eigenvalue weighted by Gasteiger charge is 2.06. The van der Waals surface area contributed by atoms with Gasteiger partial charge in [0.2, 0.25) is 5.91 Å². The molecule has 0 aliphatic rings. The Labute approximate surface area is 120 Å². The third-order valence-corrected chi connectivity index (χ3v) is 3.38. The molecule has 1 aromatic carbocycles. The van der Waals surface area contributed by atoms with Gasteiger partial charge < -0.3 is 16.2 Å². The number of carbonyl (C=O) groups is 2. The average molecular weight is 329 g/mol. The van der Waals surface area contributed by atoms with Crippen LogP contribution in [0.5, 0.6) is 0 Å². The van der Waals surface area contributed by atoms with E-state index in [-0.39, 0.29) is 11.5 Å². The van der Waals surface area contributed by atoms with Crippen molar-refractivity contribution in [3.63, 3.8) is 0 Å². The summed E-state index contributed by atoms with van der Waals surface area (Å²) in [5.74, 6) is -1.21. The van der Waals surface area contributed by atoms with Gasteiger partial charge >= 0.3 is 5.97 Å². The predicted octanol–water partition coefficient (Wildman–Crippen LogP) is 1.89. The molecule has 0 saturated carbocycles. The molecule has 0 saturated heterocycles. The molecule has 104 valence electrons. The summed E-state index contributed by atoms with van der Waals surface area (Å²) in [5.41, 5.74) is 6.30. The maximum atomic E-state index is 10.8. The van der Waals surface area contributed by atoms with E-state index >= 15 is 0 Å². The molecule has 0 atom stereocenters. The van der Waals surface area contributed by atoms with Gasteiger partial charge in [0, 0.05) is 17.4 Å². The number of unbranched alkanes of at least 4 members (excludes halogenated alkanes) is 1. The van der Waals surface area contributed by atoms with E-state index in [0.717, 1.165) is 29.4 Å². The van der Waals surface area contributed by atoms with E-state index in [9.17, 15) is 9.59 Å². The molecule has 0 fully saturated rings. The molecule has 5 nitrogen and oxygen atoms in total. The molecule has 0 aliphatic carbocycles. The Morgan fingerprint density at radius 3 is 2.63 bits per heavy atom. The number of carboxylic acids is 1. The summed E-state index contributed by atoms with van der Waals surface area (Å²) >= 11 is 3.35. The maximum Gasteiger partial charge on any atom is 0.335 e. The SMILES string of the molecule is NC(=O)CCCCNCc1ccc(C(=O)O)cc1Br. The lowest BCUT2D eigenvalue weighted by atomic mass is 10.1. The molecule has 1 rings (SSSR count). The molecule has 0 bridgehead atoms. The van der Waals surface area contributed by atoms with Gasteiger partial charge in [0.15, 0.2) is 0 Å². The van der Waals surface area contributed by atoms with Crippen molar-refractivity contribution in [3.05, 3.63) is 33.8 Å². The molecule has 0 heterocycles. The van der Waals surface area contributed by atoms with Crippen LogP contribution in [0, 0.1) is 0 Å². The zero-order valence-electron chi connectivity index (χ0n) is 10.5. The normalized spacial score (nSPS) is 10.4. The predicted molar refractivity (Wildman–Crippen MR) is 75.9 cm³/mol. The van der Waals surface area contributed by atoms with Crippen molar-refractivity contribution >= 4 is 27.8 Å². The highest BCUT2D eigenvalue weighted by molar-refractivity contribution is 9.10. The Morgan fingerprint density at radius 2 is 2.05 bits per heavy atom. The van der Waals surface area contributed by atoms with Crippen LogP contribution in [-0.4, -0.2) is 23.5 Å². The van der Waals surface area contributed by atoms with Crippen LogP contribution in [0.15, 0.2) is 22.7 Å². The minimum Gasteiger partial charge on any atom is -0.478 e. The van der Waals surface area contributed by atoms with E-state index in [1.807, 2.05) is 0 Å². The van der Waals surface area contributed by atoms with Crippen LogP contribution in [0.4, 0.5) is 0 Å². The van der Waals surface area contributed by atoms with Crippen LogP contribution in [0.3, 0.4) is 0 Å². The van der Waals surface area contributed by atoms with Gasteiger partial charge in [-0.15, -0.1) is 0 Å². The smallest absolute Gasteiger partial charge is 0.335 e. The lowest BCUT2D eigenvalue weighted by Gasteiger charge is -2.07. The number of nitrogens with one attached hydrogen (secondary N) is 1. The molecular formula is C13H17BrN2O3. The summed E-state index contributed by atoms with van der Waals surface area (Å²) in [6.07, 6.45) is 2.08. The Morgan fingerprint density at radius 1 is 1.32 bits per heavy atom. The Bertz CT molecular complexity index is 463. The largest absolute Gasteiger partial charge is 0.478 e. The number of hydrogen-bond donors (Lipinski definition) is 3. The van der Waals surface area contributed by atoms with Crippen molar-refractivity contribution in [2.45, 2.75) is 25.8 Å². The first-order valence-electron chi connectivity index (χ1n) is 6.01. The van der Waals surface area contributed by atoms with Crippen molar-refractivity contribution in [1.29, 1.82) is 0 Å². The second kappa shape index (κ2) is 7.91. The highest BCUT2D eigenvalue weighted by atomic mass is 79.9. The second-order valence-corrected chi connectivity index (χ2v) is 5.07. The van der Waals surface area contributed by atoms with Gasteiger partial charge in [-0.25, -0.2) is 4.79 Å². The van der Waals surface area contributed by atoms with Crippen LogP contribution >= 0.6 is 15.9 Å². The first-order valence-corrected chi connectivity index (χ1v) is 6.80. The molecule has 19 heavy (non-hydrogen) atoms. The van der Waals surface area contributed by atoms with E-state index in [1.165, 1.54) is 0 Å². The fraction of sp³-hybridized carbons (Fsp3) is 0.385. The quantitative estimate of drug-likeness (QED) is 0.635. The van der Waals surface area contributed by atoms with Gasteiger partial charge in [-0.3, -0.25) is 4.79 Å². The van der Waals surface area contributed by atoms with Crippen LogP contribution in [0.25, 0.3) is 0 Å². The minimum atomic E-state index is -0.938. The molecule has 0 radical (unpaired) electrons. The van der Waals surface area contributed by atoms with Gasteiger partial charge in [0.05, 0.1) is 5.56 Å². The number of rotatable bonds is 8. The van der Waals surface area contributed by atoms with Crippen LogP contribution in [0.2, 0.25) is 0 Å². The maximum absolute atomic E-state index is 10.8. The van der Waals surface area contributed by atoms with Crippen molar-refractivity contribution in [3.8, 4) is 0 Å². The molecule has 1 aromatic rings. The Kier molecular flexibility index (Phi) is 6.52. The molecule has 0 aliphatic heterocycles. The van der Waals surface area contributed by atoms with E-state index in [0.29, 0.717) is 13.0 Å². The van der Waals surface area contributed by atoms with E-state index in [4.69, 9.17) is 10.8 Å². The van der Waals surface area contributed by atoms with Crippen molar-refractivity contribution < 1.29 is 14.7 Å². The van der Waals surface area contributed by atoms with Crippen LogP contribution in [-0.2, 0) is 11.3 Å². The molecule has 1 amide bonds. The molecule has 4 N–H and O–H groups in total.